The Balaban J connectivity index is 2.69. The Kier molecular flexibility index (Phi) is 4.64. The molecule has 2 N–H and O–H groups in total. The van der Waals surface area contributed by atoms with Gasteiger partial charge in [-0.15, -0.1) is 0 Å². The lowest BCUT2D eigenvalue weighted by molar-refractivity contribution is -0.207. The van der Waals surface area contributed by atoms with Crippen molar-refractivity contribution in [2.24, 2.45) is 11.7 Å². The van der Waals surface area contributed by atoms with Gasteiger partial charge in [0.05, 0.1) is 0 Å². The first-order chi connectivity index (χ1) is 8.20. The molecule has 3 unspecified atom stereocenters. The van der Waals surface area contributed by atoms with E-state index in [1.807, 2.05) is 6.92 Å². The summed E-state index contributed by atoms with van der Waals surface area (Å²) in [5.41, 5.74) is 2.11. The van der Waals surface area contributed by atoms with Gasteiger partial charge in [0.25, 0.3) is 0 Å². The van der Waals surface area contributed by atoms with Crippen LogP contribution in [0.3, 0.4) is 0 Å². The first kappa shape index (κ1) is 15.3. The molecule has 0 amide bonds. The normalized spacial score (nSPS) is 28.6. The van der Waals surface area contributed by atoms with Gasteiger partial charge in [-0.2, -0.15) is 13.2 Å². The Morgan fingerprint density at radius 3 is 2.39 bits per heavy atom. The van der Waals surface area contributed by atoms with Gasteiger partial charge in [-0.3, -0.25) is 0 Å². The molecular weight excluding hydrogens is 247 g/mol. The van der Waals surface area contributed by atoms with Crippen molar-refractivity contribution >= 4 is 5.97 Å². The molecule has 0 saturated heterocycles. The number of esters is 1. The third-order valence-electron chi connectivity index (χ3n) is 3.64. The lowest BCUT2D eigenvalue weighted by Gasteiger charge is -2.33. The van der Waals surface area contributed by atoms with Gasteiger partial charge in [-0.1, -0.05) is 13.3 Å². The molecule has 106 valence electrons. The van der Waals surface area contributed by atoms with Crippen LogP contribution in [0.25, 0.3) is 0 Å². The van der Waals surface area contributed by atoms with E-state index in [0.717, 1.165) is 25.7 Å². The molecule has 0 aromatic heterocycles. The van der Waals surface area contributed by atoms with Gasteiger partial charge in [0.2, 0.25) is 5.54 Å². The molecule has 3 nitrogen and oxygen atoms in total. The van der Waals surface area contributed by atoms with E-state index >= 15 is 0 Å². The Labute approximate surface area is 105 Å². The minimum Gasteiger partial charge on any atom is -0.460 e. The highest BCUT2D eigenvalue weighted by atomic mass is 19.4. The number of carbonyl (C=O) groups is 1. The summed E-state index contributed by atoms with van der Waals surface area (Å²) in [4.78, 5) is 11.6. The molecular formula is C12H20F3NO2. The van der Waals surface area contributed by atoms with Crippen LogP contribution in [0.2, 0.25) is 0 Å². The maximum atomic E-state index is 12.6. The number of rotatable bonds is 3. The van der Waals surface area contributed by atoms with Gasteiger partial charge in [-0.25, -0.2) is 4.79 Å². The van der Waals surface area contributed by atoms with E-state index in [-0.39, 0.29) is 5.92 Å². The summed E-state index contributed by atoms with van der Waals surface area (Å²) in [6, 6.07) is 0. The van der Waals surface area contributed by atoms with E-state index in [2.05, 4.69) is 0 Å². The fraction of sp³-hybridized carbons (Fsp3) is 0.917. The predicted molar refractivity (Wildman–Crippen MR) is 60.8 cm³/mol. The van der Waals surface area contributed by atoms with Crippen LogP contribution in [-0.4, -0.2) is 23.8 Å². The average molecular weight is 267 g/mol. The van der Waals surface area contributed by atoms with Crippen LogP contribution in [0.4, 0.5) is 13.2 Å². The van der Waals surface area contributed by atoms with Crippen LogP contribution in [0, 0.1) is 5.92 Å². The molecule has 3 atom stereocenters. The molecule has 0 aliphatic heterocycles. The van der Waals surface area contributed by atoms with Crippen LogP contribution in [0.15, 0.2) is 0 Å². The van der Waals surface area contributed by atoms with Crippen LogP contribution >= 0.6 is 0 Å². The average Bonchev–Trinajstić information content (AvgIpc) is 2.28. The summed E-state index contributed by atoms with van der Waals surface area (Å²) >= 11 is 0. The SMILES string of the molecule is CCC1CCCCC1OC(=O)C(C)(N)C(F)(F)F. The van der Waals surface area contributed by atoms with Gasteiger partial charge < -0.3 is 10.5 Å². The Morgan fingerprint density at radius 2 is 1.89 bits per heavy atom. The Hall–Kier alpha value is -0.780. The number of hydrogen-bond donors (Lipinski definition) is 1. The van der Waals surface area contributed by atoms with E-state index in [4.69, 9.17) is 10.5 Å². The molecule has 0 spiro atoms. The van der Waals surface area contributed by atoms with Crippen LogP contribution in [0.1, 0.15) is 46.0 Å². The van der Waals surface area contributed by atoms with E-state index in [1.165, 1.54) is 0 Å². The minimum atomic E-state index is -4.79. The molecule has 0 bridgehead atoms. The highest BCUT2D eigenvalue weighted by molar-refractivity contribution is 5.81. The summed E-state index contributed by atoms with van der Waals surface area (Å²) in [5, 5.41) is 0. The highest BCUT2D eigenvalue weighted by Gasteiger charge is 2.55. The number of hydrogen-bond acceptors (Lipinski definition) is 3. The second kappa shape index (κ2) is 5.47. The molecule has 0 aromatic rings. The van der Waals surface area contributed by atoms with Crippen molar-refractivity contribution in [3.05, 3.63) is 0 Å². The number of ether oxygens (including phenoxy) is 1. The third kappa shape index (κ3) is 3.16. The zero-order valence-electron chi connectivity index (χ0n) is 10.7. The van der Waals surface area contributed by atoms with Crippen molar-refractivity contribution in [1.29, 1.82) is 0 Å². The second-order valence-corrected chi connectivity index (χ2v) is 5.10. The number of nitrogens with two attached hydrogens (primary N) is 1. The molecule has 0 heterocycles. The van der Waals surface area contributed by atoms with Crippen molar-refractivity contribution in [2.75, 3.05) is 0 Å². The van der Waals surface area contributed by atoms with Crippen molar-refractivity contribution in [2.45, 2.75) is 63.8 Å². The lowest BCUT2D eigenvalue weighted by atomic mass is 9.84. The number of carbonyl (C=O) groups excluding carboxylic acids is 1. The standard InChI is InChI=1S/C12H20F3NO2/c1-3-8-6-4-5-7-9(8)18-10(17)11(2,16)12(13,14)15/h8-9H,3-7,16H2,1-2H3. The van der Waals surface area contributed by atoms with Gasteiger partial charge >= 0.3 is 12.1 Å². The molecule has 0 aromatic carbocycles. The maximum Gasteiger partial charge on any atom is 0.416 e. The fourth-order valence-electron chi connectivity index (χ4n) is 2.17. The molecule has 6 heteroatoms. The lowest BCUT2D eigenvalue weighted by Crippen LogP contribution is -2.58. The van der Waals surface area contributed by atoms with E-state index in [9.17, 15) is 18.0 Å². The summed E-state index contributed by atoms with van der Waals surface area (Å²) in [5.74, 6) is -1.23. The van der Waals surface area contributed by atoms with Gasteiger partial charge in [0.15, 0.2) is 0 Å². The Morgan fingerprint density at radius 1 is 1.33 bits per heavy atom. The second-order valence-electron chi connectivity index (χ2n) is 5.10. The van der Waals surface area contributed by atoms with Crippen molar-refractivity contribution in [1.82, 2.24) is 0 Å². The van der Waals surface area contributed by atoms with E-state index < -0.39 is 23.8 Å². The molecule has 1 rings (SSSR count). The summed E-state index contributed by atoms with van der Waals surface area (Å²) in [6.07, 6.45) is -1.000. The van der Waals surface area contributed by atoms with Crippen molar-refractivity contribution < 1.29 is 22.7 Å². The zero-order chi connectivity index (χ0) is 14.0. The Bertz CT molecular complexity index is 302. The summed E-state index contributed by atoms with van der Waals surface area (Å²) < 4.78 is 42.8. The molecule has 0 radical (unpaired) electrons. The van der Waals surface area contributed by atoms with Gasteiger partial charge in [0.1, 0.15) is 6.10 Å². The van der Waals surface area contributed by atoms with Crippen LogP contribution in [-0.2, 0) is 9.53 Å². The molecule has 1 aliphatic rings. The minimum absolute atomic E-state index is 0.145. The molecule has 18 heavy (non-hydrogen) atoms. The molecule has 1 fully saturated rings. The van der Waals surface area contributed by atoms with Crippen molar-refractivity contribution in [3.63, 3.8) is 0 Å². The van der Waals surface area contributed by atoms with E-state index in [1.54, 1.807) is 0 Å². The quantitative estimate of drug-likeness (QED) is 0.800. The first-order valence-electron chi connectivity index (χ1n) is 6.26. The number of halogens is 3. The molecule has 1 aliphatic carbocycles. The van der Waals surface area contributed by atoms with Crippen LogP contribution in [0.5, 0.6) is 0 Å². The third-order valence-corrected chi connectivity index (χ3v) is 3.64. The smallest absolute Gasteiger partial charge is 0.416 e. The highest BCUT2D eigenvalue weighted by Crippen LogP contribution is 2.33. The summed E-state index contributed by atoms with van der Waals surface area (Å²) in [6.45, 7) is 2.60. The van der Waals surface area contributed by atoms with Crippen molar-refractivity contribution in [3.8, 4) is 0 Å². The molecule has 1 saturated carbocycles. The monoisotopic (exact) mass is 267 g/mol. The summed E-state index contributed by atoms with van der Waals surface area (Å²) in [7, 11) is 0. The fourth-order valence-corrected chi connectivity index (χ4v) is 2.17. The van der Waals surface area contributed by atoms with Gasteiger partial charge in [0, 0.05) is 0 Å². The maximum absolute atomic E-state index is 12.6. The zero-order valence-corrected chi connectivity index (χ0v) is 10.7. The largest absolute Gasteiger partial charge is 0.460 e. The first-order valence-corrected chi connectivity index (χ1v) is 6.26. The topological polar surface area (TPSA) is 52.3 Å². The van der Waals surface area contributed by atoms with Crippen LogP contribution < -0.4 is 5.73 Å². The van der Waals surface area contributed by atoms with Gasteiger partial charge in [-0.05, 0) is 38.5 Å². The predicted octanol–water partition coefficient (Wildman–Crippen LogP) is 2.78. The van der Waals surface area contributed by atoms with E-state index in [0.29, 0.717) is 13.3 Å². The number of alkyl halides is 3.